The highest BCUT2D eigenvalue weighted by Gasteiger charge is 2.07. The normalized spacial score (nSPS) is 11.0. The number of hydrogen-bond donors (Lipinski definition) is 1. The molecule has 6 heteroatoms. The third-order valence-corrected chi connectivity index (χ3v) is 2.87. The number of furan rings is 2. The molecule has 0 unspecified atom stereocenters. The first-order valence-corrected chi connectivity index (χ1v) is 6.83. The Balaban J connectivity index is 0.00000220. The summed E-state index contributed by atoms with van der Waals surface area (Å²) in [5.41, 5.74) is 0. The van der Waals surface area contributed by atoms with Crippen LogP contribution in [0.4, 0.5) is 0 Å². The van der Waals surface area contributed by atoms with Crippen LogP contribution in [0.5, 0.6) is 0 Å². The minimum absolute atomic E-state index is 0. The number of nitrogens with one attached hydrogen (secondary N) is 1. The van der Waals surface area contributed by atoms with E-state index in [9.17, 15) is 0 Å². The fourth-order valence-corrected chi connectivity index (χ4v) is 1.91. The van der Waals surface area contributed by atoms with Crippen LogP contribution in [0.1, 0.15) is 18.4 Å². The Hall–Kier alpha value is -1.44. The fourth-order valence-electron chi connectivity index (χ4n) is 1.91. The highest BCUT2D eigenvalue weighted by atomic mass is 127. The van der Waals surface area contributed by atoms with Crippen molar-refractivity contribution in [2.75, 3.05) is 20.1 Å². The summed E-state index contributed by atoms with van der Waals surface area (Å²) in [6, 6.07) is 7.72. The zero-order valence-electron chi connectivity index (χ0n) is 12.4. The molecule has 0 aliphatic heterocycles. The molecule has 2 rings (SSSR count). The van der Waals surface area contributed by atoms with E-state index >= 15 is 0 Å². The summed E-state index contributed by atoms with van der Waals surface area (Å²) in [4.78, 5) is 6.64. The van der Waals surface area contributed by atoms with E-state index in [1.165, 1.54) is 0 Å². The molecule has 2 aromatic rings. The van der Waals surface area contributed by atoms with Crippen LogP contribution in [0.15, 0.2) is 50.6 Å². The molecule has 5 nitrogen and oxygen atoms in total. The van der Waals surface area contributed by atoms with Gasteiger partial charge < -0.3 is 19.1 Å². The second-order valence-electron chi connectivity index (χ2n) is 4.50. The summed E-state index contributed by atoms with van der Waals surface area (Å²) in [7, 11) is 2.00. The molecule has 0 atom stereocenters. The fraction of sp³-hybridized carbons (Fsp3) is 0.400. The van der Waals surface area contributed by atoms with Crippen molar-refractivity contribution in [1.29, 1.82) is 0 Å². The predicted molar refractivity (Wildman–Crippen MR) is 94.0 cm³/mol. The van der Waals surface area contributed by atoms with Crippen LogP contribution in [0, 0.1) is 0 Å². The zero-order valence-corrected chi connectivity index (χ0v) is 14.7. The summed E-state index contributed by atoms with van der Waals surface area (Å²) in [5, 5.41) is 3.28. The van der Waals surface area contributed by atoms with Gasteiger partial charge in [0.15, 0.2) is 5.96 Å². The molecule has 2 aromatic heterocycles. The maximum Gasteiger partial charge on any atom is 0.194 e. The summed E-state index contributed by atoms with van der Waals surface area (Å²) in [6.07, 6.45) is 4.17. The topological polar surface area (TPSA) is 53.9 Å². The van der Waals surface area contributed by atoms with Gasteiger partial charge in [0.25, 0.3) is 0 Å². The van der Waals surface area contributed by atoms with Crippen molar-refractivity contribution in [2.24, 2.45) is 4.99 Å². The number of hydrogen-bond acceptors (Lipinski definition) is 3. The Morgan fingerprint density at radius 2 is 1.86 bits per heavy atom. The highest BCUT2D eigenvalue weighted by Crippen LogP contribution is 2.05. The molecule has 0 bridgehead atoms. The van der Waals surface area contributed by atoms with E-state index in [2.05, 4.69) is 17.2 Å². The van der Waals surface area contributed by atoms with Gasteiger partial charge in [-0.3, -0.25) is 4.99 Å². The maximum absolute atomic E-state index is 5.36. The zero-order chi connectivity index (χ0) is 14.2. The molecule has 0 aliphatic carbocycles. The molecule has 0 saturated carbocycles. The molecule has 116 valence electrons. The minimum Gasteiger partial charge on any atom is -0.469 e. The summed E-state index contributed by atoms with van der Waals surface area (Å²) < 4.78 is 10.7. The first kappa shape index (κ1) is 17.6. The van der Waals surface area contributed by atoms with Gasteiger partial charge in [-0.05, 0) is 31.2 Å². The van der Waals surface area contributed by atoms with Crippen molar-refractivity contribution >= 4 is 29.9 Å². The van der Waals surface area contributed by atoms with Gasteiger partial charge in [0.2, 0.25) is 0 Å². The average molecular weight is 403 g/mol. The van der Waals surface area contributed by atoms with E-state index in [1.807, 2.05) is 36.2 Å². The van der Waals surface area contributed by atoms with Crippen LogP contribution in [-0.4, -0.2) is 31.0 Å². The van der Waals surface area contributed by atoms with Gasteiger partial charge in [-0.25, -0.2) is 0 Å². The van der Waals surface area contributed by atoms with Crippen molar-refractivity contribution < 1.29 is 8.83 Å². The monoisotopic (exact) mass is 403 g/mol. The Bertz CT molecular complexity index is 509. The van der Waals surface area contributed by atoms with Crippen molar-refractivity contribution in [3.63, 3.8) is 0 Å². The lowest BCUT2D eigenvalue weighted by Gasteiger charge is -2.20. The molecule has 0 fully saturated rings. The average Bonchev–Trinajstić information content (AvgIpc) is 3.10. The minimum atomic E-state index is 0. The highest BCUT2D eigenvalue weighted by molar-refractivity contribution is 14.0. The summed E-state index contributed by atoms with van der Waals surface area (Å²) in [6.45, 7) is 4.28. The number of aliphatic imine (C=N–C) groups is 1. The van der Waals surface area contributed by atoms with Crippen molar-refractivity contribution in [1.82, 2.24) is 10.2 Å². The molecule has 21 heavy (non-hydrogen) atoms. The second kappa shape index (κ2) is 9.49. The quantitative estimate of drug-likeness (QED) is 0.458. The van der Waals surface area contributed by atoms with Crippen molar-refractivity contribution in [2.45, 2.75) is 19.9 Å². The predicted octanol–water partition coefficient (Wildman–Crippen LogP) is 3.13. The van der Waals surface area contributed by atoms with Crippen LogP contribution in [0.2, 0.25) is 0 Å². The molecule has 1 N–H and O–H groups in total. The third-order valence-electron chi connectivity index (χ3n) is 2.87. The largest absolute Gasteiger partial charge is 0.469 e. The molecular formula is C15H22IN3O2. The lowest BCUT2D eigenvalue weighted by Crippen LogP contribution is -2.38. The maximum atomic E-state index is 5.36. The van der Waals surface area contributed by atoms with Crippen LogP contribution >= 0.6 is 24.0 Å². The lowest BCUT2D eigenvalue weighted by atomic mass is 10.3. The first-order chi connectivity index (χ1) is 9.79. The van der Waals surface area contributed by atoms with Gasteiger partial charge in [0.1, 0.15) is 11.5 Å². The van der Waals surface area contributed by atoms with Gasteiger partial charge in [0, 0.05) is 26.6 Å². The number of guanidine groups is 1. The van der Waals surface area contributed by atoms with Gasteiger partial charge >= 0.3 is 0 Å². The van der Waals surface area contributed by atoms with E-state index in [0.717, 1.165) is 30.4 Å². The van der Waals surface area contributed by atoms with Gasteiger partial charge in [-0.1, -0.05) is 0 Å². The Labute approximate surface area is 142 Å². The SMILES string of the molecule is CCNC(=NCCc1ccco1)N(C)Cc1ccco1.I. The van der Waals surface area contributed by atoms with Gasteiger partial charge in [-0.2, -0.15) is 0 Å². The summed E-state index contributed by atoms with van der Waals surface area (Å²) in [5.74, 6) is 2.75. The van der Waals surface area contributed by atoms with Gasteiger partial charge in [0.05, 0.1) is 19.1 Å². The van der Waals surface area contributed by atoms with Crippen LogP contribution in [-0.2, 0) is 13.0 Å². The third kappa shape index (κ3) is 5.82. The van der Waals surface area contributed by atoms with E-state index < -0.39 is 0 Å². The first-order valence-electron chi connectivity index (χ1n) is 6.83. The Morgan fingerprint density at radius 3 is 2.43 bits per heavy atom. The second-order valence-corrected chi connectivity index (χ2v) is 4.50. The smallest absolute Gasteiger partial charge is 0.194 e. The summed E-state index contributed by atoms with van der Waals surface area (Å²) >= 11 is 0. The van der Waals surface area contributed by atoms with E-state index in [4.69, 9.17) is 8.83 Å². The number of halogens is 1. The molecule has 0 aliphatic rings. The Kier molecular flexibility index (Phi) is 7.96. The Morgan fingerprint density at radius 1 is 1.19 bits per heavy atom. The van der Waals surface area contributed by atoms with Crippen LogP contribution in [0.25, 0.3) is 0 Å². The lowest BCUT2D eigenvalue weighted by molar-refractivity contribution is 0.400. The molecule has 0 aromatic carbocycles. The molecule has 0 spiro atoms. The van der Waals surface area contributed by atoms with Gasteiger partial charge in [-0.15, -0.1) is 24.0 Å². The van der Waals surface area contributed by atoms with Crippen LogP contribution < -0.4 is 5.32 Å². The standard InChI is InChI=1S/C15H21N3O2.HI/c1-3-16-15(17-9-8-13-6-4-10-19-13)18(2)12-14-7-5-11-20-14;/h4-7,10-11H,3,8-9,12H2,1-2H3,(H,16,17);1H. The molecule has 2 heterocycles. The molecular weight excluding hydrogens is 381 g/mol. The molecule has 0 radical (unpaired) electrons. The van der Waals surface area contributed by atoms with E-state index in [-0.39, 0.29) is 24.0 Å². The van der Waals surface area contributed by atoms with E-state index in [0.29, 0.717) is 13.1 Å². The van der Waals surface area contributed by atoms with Crippen molar-refractivity contribution in [3.05, 3.63) is 48.3 Å². The molecule has 0 saturated heterocycles. The van der Waals surface area contributed by atoms with E-state index in [1.54, 1.807) is 12.5 Å². The van der Waals surface area contributed by atoms with Crippen molar-refractivity contribution in [3.8, 4) is 0 Å². The number of nitrogens with zero attached hydrogens (tertiary/aromatic N) is 2. The van der Waals surface area contributed by atoms with Crippen LogP contribution in [0.3, 0.4) is 0 Å². The number of rotatable bonds is 6. The molecule has 0 amide bonds.